The van der Waals surface area contributed by atoms with Gasteiger partial charge >= 0.3 is 0 Å². The maximum absolute atomic E-state index is 13.0. The third-order valence-electron chi connectivity index (χ3n) is 2.87. The number of hydrogen-bond acceptors (Lipinski definition) is 2. The number of hydrogen-bond donors (Lipinski definition) is 1. The molecule has 1 radical (unpaired) electrons. The van der Waals surface area contributed by atoms with E-state index in [9.17, 15) is 9.50 Å². The minimum absolute atomic E-state index is 0.289. The molecule has 2 nitrogen and oxygen atoms in total. The third kappa shape index (κ3) is 2.25. The van der Waals surface area contributed by atoms with Gasteiger partial charge in [-0.1, -0.05) is 26.0 Å². The van der Waals surface area contributed by atoms with E-state index in [2.05, 4.69) is 18.7 Å². The van der Waals surface area contributed by atoms with E-state index in [0.29, 0.717) is 18.7 Å². The van der Waals surface area contributed by atoms with Gasteiger partial charge in [0.25, 0.3) is 0 Å². The minimum atomic E-state index is -0.864. The van der Waals surface area contributed by atoms with Gasteiger partial charge in [-0.15, -0.1) is 0 Å². The molecule has 0 atom stereocenters. The summed E-state index contributed by atoms with van der Waals surface area (Å²) in [6, 6.07) is 6.23. The molecule has 1 aliphatic heterocycles. The van der Waals surface area contributed by atoms with Crippen LogP contribution < -0.4 is 0 Å². The molecule has 3 heteroatoms. The van der Waals surface area contributed by atoms with Gasteiger partial charge in [0, 0.05) is 19.6 Å². The van der Waals surface area contributed by atoms with E-state index in [4.69, 9.17) is 0 Å². The van der Waals surface area contributed by atoms with Gasteiger partial charge in [-0.2, -0.15) is 0 Å². The van der Waals surface area contributed by atoms with Crippen molar-refractivity contribution < 1.29 is 9.50 Å². The van der Waals surface area contributed by atoms with Crippen molar-refractivity contribution in [1.82, 2.24) is 4.90 Å². The van der Waals surface area contributed by atoms with Crippen LogP contribution in [0.3, 0.4) is 0 Å². The molecule has 0 bridgehead atoms. The van der Waals surface area contributed by atoms with Crippen molar-refractivity contribution in [3.05, 3.63) is 41.6 Å². The Morgan fingerprint density at radius 1 is 1.44 bits per heavy atom. The van der Waals surface area contributed by atoms with Crippen molar-refractivity contribution in [2.24, 2.45) is 0 Å². The summed E-state index contributed by atoms with van der Waals surface area (Å²) in [6.45, 7) is 6.21. The second-order valence-corrected chi connectivity index (χ2v) is 4.89. The van der Waals surface area contributed by atoms with Crippen molar-refractivity contribution in [3.63, 3.8) is 0 Å². The fourth-order valence-corrected chi connectivity index (χ4v) is 2.21. The van der Waals surface area contributed by atoms with E-state index < -0.39 is 5.60 Å². The molecule has 1 aromatic carbocycles. The molecule has 16 heavy (non-hydrogen) atoms. The molecule has 1 N–H and O–H groups in total. The monoisotopic (exact) mass is 222 g/mol. The third-order valence-corrected chi connectivity index (χ3v) is 2.87. The first-order valence-corrected chi connectivity index (χ1v) is 5.49. The van der Waals surface area contributed by atoms with Crippen LogP contribution in [0.2, 0.25) is 0 Å². The Hall–Kier alpha value is -0.930. The molecule has 0 unspecified atom stereocenters. The second-order valence-electron chi connectivity index (χ2n) is 4.89. The Morgan fingerprint density at radius 2 is 2.12 bits per heavy atom. The van der Waals surface area contributed by atoms with Gasteiger partial charge in [0.1, 0.15) is 11.4 Å². The van der Waals surface area contributed by atoms with E-state index in [1.165, 1.54) is 18.1 Å². The lowest BCUT2D eigenvalue weighted by Gasteiger charge is -2.47. The lowest BCUT2D eigenvalue weighted by Crippen LogP contribution is -2.59. The SMILES string of the molecule is C[C](C)CN1CC(O)(c2cccc(F)c2)C1. The Morgan fingerprint density at radius 3 is 2.69 bits per heavy atom. The second kappa shape index (κ2) is 4.15. The van der Waals surface area contributed by atoms with Gasteiger partial charge in [-0.05, 0) is 23.6 Å². The van der Waals surface area contributed by atoms with Gasteiger partial charge in [-0.25, -0.2) is 4.39 Å². The van der Waals surface area contributed by atoms with Crippen LogP contribution in [0.5, 0.6) is 0 Å². The van der Waals surface area contributed by atoms with Crippen LogP contribution in [0, 0.1) is 11.7 Å². The Kier molecular flexibility index (Phi) is 3.00. The van der Waals surface area contributed by atoms with E-state index in [1.807, 2.05) is 0 Å². The van der Waals surface area contributed by atoms with Crippen LogP contribution in [-0.2, 0) is 5.60 Å². The predicted octanol–water partition coefficient (Wildman–Crippen LogP) is 1.94. The fraction of sp³-hybridized carbons (Fsp3) is 0.462. The van der Waals surface area contributed by atoms with Crippen molar-refractivity contribution >= 4 is 0 Å². The smallest absolute Gasteiger partial charge is 0.123 e. The number of rotatable bonds is 3. The highest BCUT2D eigenvalue weighted by atomic mass is 19.1. The van der Waals surface area contributed by atoms with Crippen LogP contribution in [0.25, 0.3) is 0 Å². The lowest BCUT2D eigenvalue weighted by molar-refractivity contribution is -0.102. The molecular weight excluding hydrogens is 205 g/mol. The first kappa shape index (κ1) is 11.6. The predicted molar refractivity (Wildman–Crippen MR) is 61.3 cm³/mol. The number of aliphatic hydroxyl groups is 1. The molecule has 0 spiro atoms. The summed E-state index contributed by atoms with van der Waals surface area (Å²) in [5.41, 5.74) is -0.185. The molecule has 87 valence electrons. The molecular formula is C13H17FNO. The summed E-state index contributed by atoms with van der Waals surface area (Å²) in [4.78, 5) is 2.15. The molecule has 2 rings (SSSR count). The van der Waals surface area contributed by atoms with Crippen LogP contribution >= 0.6 is 0 Å². The molecule has 0 saturated carbocycles. The van der Waals surface area contributed by atoms with Crippen molar-refractivity contribution in [1.29, 1.82) is 0 Å². The average Bonchev–Trinajstić information content (AvgIpc) is 2.14. The highest BCUT2D eigenvalue weighted by molar-refractivity contribution is 5.27. The molecule has 1 heterocycles. The summed E-state index contributed by atoms with van der Waals surface area (Å²) >= 11 is 0. The Bertz CT molecular complexity index is 372. The molecule has 1 aromatic rings. The maximum atomic E-state index is 13.0. The van der Waals surface area contributed by atoms with Gasteiger partial charge in [0.2, 0.25) is 0 Å². The van der Waals surface area contributed by atoms with Crippen molar-refractivity contribution in [2.75, 3.05) is 19.6 Å². The van der Waals surface area contributed by atoms with E-state index in [-0.39, 0.29) is 5.82 Å². The Balaban J connectivity index is 2.02. The van der Waals surface area contributed by atoms with E-state index >= 15 is 0 Å². The highest BCUT2D eigenvalue weighted by Gasteiger charge is 2.42. The lowest BCUT2D eigenvalue weighted by atomic mass is 9.85. The number of halogens is 1. The molecule has 1 aliphatic rings. The van der Waals surface area contributed by atoms with Crippen molar-refractivity contribution in [2.45, 2.75) is 19.4 Å². The van der Waals surface area contributed by atoms with Gasteiger partial charge in [0.15, 0.2) is 0 Å². The minimum Gasteiger partial charge on any atom is -0.382 e. The summed E-state index contributed by atoms with van der Waals surface area (Å²) < 4.78 is 13.0. The van der Waals surface area contributed by atoms with Gasteiger partial charge in [-0.3, -0.25) is 4.90 Å². The number of benzene rings is 1. The fourth-order valence-electron chi connectivity index (χ4n) is 2.21. The summed E-state index contributed by atoms with van der Waals surface area (Å²) in [6.07, 6.45) is 0. The zero-order valence-corrected chi connectivity index (χ0v) is 9.70. The molecule has 1 fully saturated rings. The van der Waals surface area contributed by atoms with E-state index in [0.717, 1.165) is 6.54 Å². The van der Waals surface area contributed by atoms with Gasteiger partial charge in [0.05, 0.1) is 0 Å². The zero-order chi connectivity index (χ0) is 11.8. The van der Waals surface area contributed by atoms with Crippen LogP contribution in [0.15, 0.2) is 24.3 Å². The van der Waals surface area contributed by atoms with Crippen LogP contribution in [-0.4, -0.2) is 29.6 Å². The maximum Gasteiger partial charge on any atom is 0.123 e. The largest absolute Gasteiger partial charge is 0.382 e. The standard InChI is InChI=1S/C13H17FNO/c1-10(2)7-15-8-13(16,9-15)11-4-3-5-12(14)6-11/h3-6,16H,7-9H2,1-2H3. The average molecular weight is 222 g/mol. The first-order valence-electron chi connectivity index (χ1n) is 5.49. The highest BCUT2D eigenvalue weighted by Crippen LogP contribution is 2.32. The first-order chi connectivity index (χ1) is 7.49. The quantitative estimate of drug-likeness (QED) is 0.845. The molecule has 0 aromatic heterocycles. The molecule has 1 saturated heterocycles. The van der Waals surface area contributed by atoms with Gasteiger partial charge < -0.3 is 5.11 Å². The number of likely N-dealkylation sites (tertiary alicyclic amines) is 1. The Labute approximate surface area is 95.7 Å². The van der Waals surface area contributed by atoms with E-state index in [1.54, 1.807) is 12.1 Å². The number of nitrogens with zero attached hydrogens (tertiary/aromatic N) is 1. The van der Waals surface area contributed by atoms with Crippen LogP contribution in [0.1, 0.15) is 19.4 Å². The summed E-state index contributed by atoms with van der Waals surface area (Å²) in [5, 5.41) is 10.3. The summed E-state index contributed by atoms with van der Waals surface area (Å²) in [5.74, 6) is 1.03. The van der Waals surface area contributed by atoms with Crippen LogP contribution in [0.4, 0.5) is 4.39 Å². The summed E-state index contributed by atoms with van der Waals surface area (Å²) in [7, 11) is 0. The zero-order valence-electron chi connectivity index (χ0n) is 9.70. The normalized spacial score (nSPS) is 19.8. The molecule has 0 amide bonds. The molecule has 0 aliphatic carbocycles. The number of β-amino-alcohol motifs (C(OH)–C–C–N with tert-alkyl or cyclic N) is 1. The topological polar surface area (TPSA) is 23.5 Å². The van der Waals surface area contributed by atoms with Crippen molar-refractivity contribution in [3.8, 4) is 0 Å².